The molecule has 1 aliphatic rings. The summed E-state index contributed by atoms with van der Waals surface area (Å²) in [6, 6.07) is 16.6. The van der Waals surface area contributed by atoms with Crippen LogP contribution in [0, 0.1) is 6.92 Å². The Morgan fingerprint density at radius 1 is 1.10 bits per heavy atom. The van der Waals surface area contributed by atoms with Crippen LogP contribution in [0.5, 0.6) is 5.75 Å². The lowest BCUT2D eigenvalue weighted by molar-refractivity contribution is -0.139. The van der Waals surface area contributed by atoms with Crippen molar-refractivity contribution in [2.75, 3.05) is 4.31 Å². The van der Waals surface area contributed by atoms with Crippen molar-refractivity contribution in [1.82, 2.24) is 4.98 Å². The van der Waals surface area contributed by atoms with Gasteiger partial charge in [0.05, 0.1) is 16.1 Å². The van der Waals surface area contributed by atoms with Crippen LogP contribution in [0.25, 0.3) is 11.5 Å². The molecule has 1 aromatic heterocycles. The molecule has 0 saturated carbocycles. The number of fused-ring (bicyclic) bond motifs is 1. The third-order valence-corrected chi connectivity index (χ3v) is 9.88. The molecule has 0 spiro atoms. The number of para-hydroxylation sites is 1. The lowest BCUT2D eigenvalue weighted by Gasteiger charge is -2.31. The number of ether oxygens (including phenoxy) is 1. The predicted molar refractivity (Wildman–Crippen MR) is 147 cm³/mol. The molecule has 1 N–H and O–H groups in total. The molecule has 0 saturated heterocycles. The molecule has 0 aliphatic carbocycles. The van der Waals surface area contributed by atoms with Crippen molar-refractivity contribution >= 4 is 44.3 Å². The van der Waals surface area contributed by atoms with Gasteiger partial charge in [-0.15, -0.1) is 0 Å². The maximum absolute atomic E-state index is 13.6. The number of benzene rings is 3. The Bertz CT molecular complexity index is 1690. The zero-order chi connectivity index (χ0) is 28.9. The summed E-state index contributed by atoms with van der Waals surface area (Å²) in [6.45, 7) is 1.60. The van der Waals surface area contributed by atoms with E-state index in [1.165, 1.54) is 36.4 Å². The van der Waals surface area contributed by atoms with Gasteiger partial charge in [-0.25, -0.2) is 22.5 Å². The van der Waals surface area contributed by atoms with E-state index < -0.39 is 31.3 Å². The molecule has 208 valence electrons. The highest BCUT2D eigenvalue weighted by Gasteiger charge is 2.53. The average Bonchev–Trinajstić information content (AvgIpc) is 3.44. The normalized spacial score (nSPS) is 17.1. The Morgan fingerprint density at radius 2 is 1.75 bits per heavy atom. The lowest BCUT2D eigenvalue weighted by Crippen LogP contribution is -2.50. The number of anilines is 1. The van der Waals surface area contributed by atoms with E-state index in [4.69, 9.17) is 9.15 Å². The molecule has 5 rings (SSSR count). The molecule has 0 radical (unpaired) electrons. The Morgan fingerprint density at radius 3 is 2.38 bits per heavy atom. The third-order valence-electron chi connectivity index (χ3n) is 6.37. The van der Waals surface area contributed by atoms with E-state index >= 15 is 0 Å². The Hall–Kier alpha value is -3.59. The zero-order valence-electron chi connectivity index (χ0n) is 20.6. The van der Waals surface area contributed by atoms with Crippen molar-refractivity contribution in [2.45, 2.75) is 34.6 Å². The van der Waals surface area contributed by atoms with E-state index in [1.807, 2.05) is 0 Å². The van der Waals surface area contributed by atoms with Crippen LogP contribution in [-0.2, 0) is 34.0 Å². The van der Waals surface area contributed by atoms with Crippen LogP contribution in [0.3, 0.4) is 0 Å². The quantitative estimate of drug-likeness (QED) is 0.140. The van der Waals surface area contributed by atoms with Crippen LogP contribution in [-0.4, -0.2) is 28.0 Å². The lowest BCUT2D eigenvalue weighted by atomic mass is 10.1. The standard InChI is InChI=1S/C27H20F3IN2O6S/c1-16-22(32-24(39-16)17-6-8-19(9-7-17)27(28,29)30)15-38-20-10-12-21(13-11-20)40(36,37)33-23-5-3-2-4-18(23)14-26(33,31)25(34)35/h2-13H,14-15H2,1H3,(H,34,35). The summed E-state index contributed by atoms with van der Waals surface area (Å²) in [5.41, 5.74) is 0.922. The number of aromatic nitrogens is 1. The van der Waals surface area contributed by atoms with Crippen LogP contribution < -0.4 is 9.04 Å². The Kier molecular flexibility index (Phi) is 7.06. The van der Waals surface area contributed by atoms with Gasteiger partial charge in [0.15, 0.2) is 0 Å². The second kappa shape index (κ2) is 10.1. The van der Waals surface area contributed by atoms with Gasteiger partial charge in [-0.1, -0.05) is 18.2 Å². The van der Waals surface area contributed by atoms with Crippen LogP contribution >= 0.6 is 22.6 Å². The van der Waals surface area contributed by atoms with Crippen molar-refractivity contribution in [3.05, 3.63) is 95.4 Å². The molecule has 1 unspecified atom stereocenters. The monoisotopic (exact) mass is 684 g/mol. The van der Waals surface area contributed by atoms with Crippen LogP contribution in [0.15, 0.2) is 82.1 Å². The molecule has 1 atom stereocenters. The number of hydrogen-bond donors (Lipinski definition) is 1. The van der Waals surface area contributed by atoms with Crippen molar-refractivity contribution in [3.63, 3.8) is 0 Å². The summed E-state index contributed by atoms with van der Waals surface area (Å²) < 4.78 is 76.2. The Labute approximate surface area is 240 Å². The number of nitrogens with zero attached hydrogens (tertiary/aromatic N) is 2. The fourth-order valence-electron chi connectivity index (χ4n) is 4.31. The number of aryl methyl sites for hydroxylation is 1. The summed E-state index contributed by atoms with van der Waals surface area (Å²) in [7, 11) is -4.24. The second-order valence-electron chi connectivity index (χ2n) is 9.00. The number of halogens is 4. The number of carboxylic acid groups (broad SMARTS) is 1. The number of carboxylic acids is 1. The molecule has 0 amide bonds. The first-order valence-electron chi connectivity index (χ1n) is 11.7. The molecule has 40 heavy (non-hydrogen) atoms. The topological polar surface area (TPSA) is 110 Å². The SMILES string of the molecule is Cc1oc(-c2ccc(C(F)(F)F)cc2)nc1COc1ccc(S(=O)(=O)N2c3ccccc3CC2(I)C(=O)O)cc1. The minimum absolute atomic E-state index is 0.0189. The molecule has 0 fully saturated rings. The largest absolute Gasteiger partial charge is 0.487 e. The number of carbonyl (C=O) groups is 1. The molecular formula is C27H20F3IN2O6S. The van der Waals surface area contributed by atoms with E-state index in [-0.39, 0.29) is 23.8 Å². The molecule has 8 nitrogen and oxygen atoms in total. The summed E-state index contributed by atoms with van der Waals surface area (Å²) >= 11 is 1.66. The number of alkyl halides is 4. The highest BCUT2D eigenvalue weighted by molar-refractivity contribution is 14.1. The molecular weight excluding hydrogens is 664 g/mol. The van der Waals surface area contributed by atoms with Gasteiger partial charge in [0.25, 0.3) is 10.0 Å². The Balaban J connectivity index is 1.33. The van der Waals surface area contributed by atoms with Gasteiger partial charge in [-0.05, 0) is 89.7 Å². The molecule has 0 bridgehead atoms. The van der Waals surface area contributed by atoms with Gasteiger partial charge in [0.2, 0.25) is 9.44 Å². The van der Waals surface area contributed by atoms with Crippen molar-refractivity contribution in [3.8, 4) is 17.2 Å². The average molecular weight is 684 g/mol. The number of rotatable bonds is 7. The number of oxazole rings is 1. The maximum Gasteiger partial charge on any atom is 0.416 e. The molecule has 3 aromatic carbocycles. The fraction of sp³-hybridized carbons (Fsp3) is 0.185. The molecule has 4 aromatic rings. The van der Waals surface area contributed by atoms with Crippen LogP contribution in [0.2, 0.25) is 0 Å². The van der Waals surface area contributed by atoms with Gasteiger partial charge in [0.1, 0.15) is 23.8 Å². The molecule has 1 aliphatic heterocycles. The number of hydrogen-bond acceptors (Lipinski definition) is 6. The van der Waals surface area contributed by atoms with Gasteiger partial charge < -0.3 is 14.3 Å². The number of sulfonamides is 1. The van der Waals surface area contributed by atoms with Crippen molar-refractivity contribution in [2.24, 2.45) is 0 Å². The minimum atomic E-state index is -4.45. The maximum atomic E-state index is 13.6. The van der Waals surface area contributed by atoms with E-state index in [0.717, 1.165) is 16.4 Å². The van der Waals surface area contributed by atoms with Gasteiger partial charge in [-0.2, -0.15) is 13.2 Å². The van der Waals surface area contributed by atoms with E-state index in [2.05, 4.69) is 4.98 Å². The summed E-state index contributed by atoms with van der Waals surface area (Å²) in [5.74, 6) is -0.406. The number of aliphatic carboxylic acids is 1. The predicted octanol–water partition coefficient (Wildman–Crippen LogP) is 6.22. The first kappa shape index (κ1) is 28.0. The fourth-order valence-corrected chi connectivity index (χ4v) is 7.41. The first-order chi connectivity index (χ1) is 18.8. The van der Waals surface area contributed by atoms with E-state index in [0.29, 0.717) is 34.0 Å². The third kappa shape index (κ3) is 5.03. The molecule has 2 heterocycles. The zero-order valence-corrected chi connectivity index (χ0v) is 23.6. The summed E-state index contributed by atoms with van der Waals surface area (Å²) in [6.07, 6.45) is -4.43. The van der Waals surface area contributed by atoms with Gasteiger partial charge in [-0.3, -0.25) is 0 Å². The van der Waals surface area contributed by atoms with Crippen LogP contribution in [0.1, 0.15) is 22.6 Å². The second-order valence-corrected chi connectivity index (χ2v) is 12.6. The smallest absolute Gasteiger partial charge is 0.416 e. The first-order valence-corrected chi connectivity index (χ1v) is 14.2. The minimum Gasteiger partial charge on any atom is -0.487 e. The summed E-state index contributed by atoms with van der Waals surface area (Å²) in [4.78, 5) is 16.3. The van der Waals surface area contributed by atoms with E-state index in [1.54, 1.807) is 53.8 Å². The van der Waals surface area contributed by atoms with Crippen molar-refractivity contribution < 1.29 is 40.6 Å². The van der Waals surface area contributed by atoms with Gasteiger partial charge >= 0.3 is 12.1 Å². The molecule has 13 heteroatoms. The van der Waals surface area contributed by atoms with Crippen molar-refractivity contribution in [1.29, 1.82) is 0 Å². The van der Waals surface area contributed by atoms with E-state index in [9.17, 15) is 31.5 Å². The van der Waals surface area contributed by atoms with Gasteiger partial charge in [0, 0.05) is 12.0 Å². The summed E-state index contributed by atoms with van der Waals surface area (Å²) in [5, 5.41) is 9.90. The highest BCUT2D eigenvalue weighted by atomic mass is 127. The van der Waals surface area contributed by atoms with Crippen LogP contribution in [0.4, 0.5) is 18.9 Å². The highest BCUT2D eigenvalue weighted by Crippen LogP contribution is 2.46.